The molecule has 0 saturated carbocycles. The zero-order chi connectivity index (χ0) is 11.5. The Labute approximate surface area is 118 Å². The van der Waals surface area contributed by atoms with Gasteiger partial charge in [0.05, 0.1) is 6.10 Å². The average molecular weight is 368 g/mol. The van der Waals surface area contributed by atoms with E-state index >= 15 is 0 Å². The lowest BCUT2D eigenvalue weighted by Crippen LogP contribution is -2.05. The van der Waals surface area contributed by atoms with Gasteiger partial charge in [-0.25, -0.2) is 0 Å². The van der Waals surface area contributed by atoms with Gasteiger partial charge in [-0.1, -0.05) is 15.9 Å². The predicted octanol–water partition coefficient (Wildman–Crippen LogP) is 5.21. The van der Waals surface area contributed by atoms with Crippen LogP contribution in [0.2, 0.25) is 0 Å². The number of alkyl halides is 1. The monoisotopic (exact) mass is 366 g/mol. The van der Waals surface area contributed by atoms with E-state index < -0.39 is 0 Å². The van der Waals surface area contributed by atoms with Crippen molar-refractivity contribution < 1.29 is 4.74 Å². The summed E-state index contributed by atoms with van der Waals surface area (Å²) in [6, 6.07) is 2.23. The molecule has 2 unspecified atom stereocenters. The highest BCUT2D eigenvalue weighted by Crippen LogP contribution is 2.37. The number of thiophene rings is 1. The zero-order valence-corrected chi connectivity index (χ0v) is 13.3. The molecule has 16 heavy (non-hydrogen) atoms. The van der Waals surface area contributed by atoms with Gasteiger partial charge in [-0.2, -0.15) is 0 Å². The number of hydrogen-bond acceptors (Lipinski definition) is 2. The number of ether oxygens (including phenoxy) is 1. The topological polar surface area (TPSA) is 9.23 Å². The zero-order valence-electron chi connectivity index (χ0n) is 9.34. The van der Waals surface area contributed by atoms with Crippen molar-refractivity contribution in [1.82, 2.24) is 0 Å². The molecule has 0 aliphatic carbocycles. The molecule has 2 atom stereocenters. The van der Waals surface area contributed by atoms with Crippen molar-refractivity contribution in [3.05, 3.63) is 20.3 Å². The third-order valence-corrected chi connectivity index (χ3v) is 6.46. The molecule has 2 rings (SSSR count). The van der Waals surface area contributed by atoms with Crippen LogP contribution in [0.5, 0.6) is 0 Å². The summed E-state index contributed by atoms with van der Waals surface area (Å²) in [6.45, 7) is 3.11. The lowest BCUT2D eigenvalue weighted by molar-refractivity contribution is 0.102. The van der Waals surface area contributed by atoms with Gasteiger partial charge in [-0.15, -0.1) is 11.3 Å². The van der Waals surface area contributed by atoms with Crippen LogP contribution in [0.4, 0.5) is 0 Å². The maximum Gasteiger partial charge on any atom is 0.0576 e. The van der Waals surface area contributed by atoms with Gasteiger partial charge < -0.3 is 4.74 Å². The largest absolute Gasteiger partial charge is 0.378 e. The van der Waals surface area contributed by atoms with E-state index in [1.807, 2.05) is 11.3 Å². The Hall–Kier alpha value is 0.620. The predicted molar refractivity (Wildman–Crippen MR) is 76.6 cm³/mol. The molecule has 0 aromatic carbocycles. The van der Waals surface area contributed by atoms with E-state index in [-0.39, 0.29) is 0 Å². The first-order valence-electron chi connectivity index (χ1n) is 5.68. The molecular weight excluding hydrogens is 352 g/mol. The van der Waals surface area contributed by atoms with Crippen LogP contribution in [0.15, 0.2) is 10.5 Å². The minimum Gasteiger partial charge on any atom is -0.378 e. The Morgan fingerprint density at radius 1 is 1.62 bits per heavy atom. The highest BCUT2D eigenvalue weighted by molar-refractivity contribution is 9.10. The molecular formula is C12H16Br2OS. The fraction of sp³-hybridized carbons (Fsp3) is 0.667. The van der Waals surface area contributed by atoms with Crippen LogP contribution in [0.25, 0.3) is 0 Å². The first kappa shape index (κ1) is 13.1. The Morgan fingerprint density at radius 3 is 3.00 bits per heavy atom. The van der Waals surface area contributed by atoms with Crippen molar-refractivity contribution in [2.75, 3.05) is 6.61 Å². The number of rotatable bonds is 4. The van der Waals surface area contributed by atoms with Crippen LogP contribution < -0.4 is 0 Å². The minimum atomic E-state index is 0.478. The molecule has 4 heteroatoms. The second-order valence-corrected chi connectivity index (χ2v) is 7.48. The Kier molecular flexibility index (Phi) is 4.89. The summed E-state index contributed by atoms with van der Waals surface area (Å²) in [6.07, 6.45) is 5.32. The van der Waals surface area contributed by atoms with Crippen molar-refractivity contribution in [3.8, 4) is 0 Å². The molecule has 1 aliphatic rings. The fourth-order valence-corrected chi connectivity index (χ4v) is 4.23. The van der Waals surface area contributed by atoms with Crippen LogP contribution in [0.3, 0.4) is 0 Å². The first-order chi connectivity index (χ1) is 7.66. The summed E-state index contributed by atoms with van der Waals surface area (Å²) in [5.74, 6) is 0. The van der Waals surface area contributed by atoms with Gasteiger partial charge in [0, 0.05) is 25.7 Å². The number of halogens is 2. The summed E-state index contributed by atoms with van der Waals surface area (Å²) >= 11 is 9.21. The summed E-state index contributed by atoms with van der Waals surface area (Å²) in [5, 5.41) is 0. The third-order valence-electron chi connectivity index (χ3n) is 2.95. The molecule has 0 radical (unpaired) electrons. The van der Waals surface area contributed by atoms with Crippen molar-refractivity contribution in [3.63, 3.8) is 0 Å². The van der Waals surface area contributed by atoms with E-state index in [9.17, 15) is 0 Å². The molecule has 1 aromatic heterocycles. The van der Waals surface area contributed by atoms with E-state index in [0.29, 0.717) is 10.9 Å². The van der Waals surface area contributed by atoms with Crippen LogP contribution in [0.1, 0.15) is 40.3 Å². The van der Waals surface area contributed by atoms with E-state index in [4.69, 9.17) is 4.74 Å². The molecule has 1 aromatic rings. The molecule has 1 aliphatic heterocycles. The quantitative estimate of drug-likeness (QED) is 0.663. The maximum atomic E-state index is 5.64. The Balaban J connectivity index is 1.84. The average Bonchev–Trinajstić information content (AvgIpc) is 2.86. The molecule has 1 saturated heterocycles. The normalized spacial score (nSPS) is 22.6. The van der Waals surface area contributed by atoms with E-state index in [0.717, 1.165) is 13.0 Å². The smallest absolute Gasteiger partial charge is 0.0576 e. The molecule has 0 bridgehead atoms. The summed E-state index contributed by atoms with van der Waals surface area (Å²) in [5.41, 5.74) is 0. The maximum absolute atomic E-state index is 5.64. The number of aryl methyl sites for hydroxylation is 1. The highest BCUT2D eigenvalue weighted by Gasteiger charge is 2.18. The Bertz CT molecular complexity index is 325. The van der Waals surface area contributed by atoms with Gasteiger partial charge in [-0.3, -0.25) is 0 Å². The highest BCUT2D eigenvalue weighted by atomic mass is 79.9. The van der Waals surface area contributed by atoms with Crippen LogP contribution in [0, 0.1) is 6.92 Å². The molecule has 0 N–H and O–H groups in total. The summed E-state index contributed by atoms with van der Waals surface area (Å²) in [7, 11) is 0. The van der Waals surface area contributed by atoms with E-state index in [1.54, 1.807) is 0 Å². The SMILES string of the molecule is Cc1sc(C(Br)CCC2CCCO2)cc1Br. The van der Waals surface area contributed by atoms with Crippen molar-refractivity contribution in [2.24, 2.45) is 0 Å². The summed E-state index contributed by atoms with van der Waals surface area (Å²) in [4.78, 5) is 3.26. The van der Waals surface area contributed by atoms with Crippen LogP contribution in [-0.2, 0) is 4.74 Å². The van der Waals surface area contributed by atoms with Gasteiger partial charge in [0.25, 0.3) is 0 Å². The molecule has 2 heterocycles. The third kappa shape index (κ3) is 3.31. The second-order valence-electron chi connectivity index (χ2n) is 4.23. The van der Waals surface area contributed by atoms with Gasteiger partial charge >= 0.3 is 0 Å². The molecule has 0 spiro atoms. The van der Waals surface area contributed by atoms with Crippen molar-refractivity contribution in [1.29, 1.82) is 0 Å². The minimum absolute atomic E-state index is 0.478. The van der Waals surface area contributed by atoms with Crippen LogP contribution in [-0.4, -0.2) is 12.7 Å². The van der Waals surface area contributed by atoms with E-state index in [1.165, 1.54) is 33.5 Å². The second kappa shape index (κ2) is 5.98. The molecule has 1 fully saturated rings. The van der Waals surface area contributed by atoms with Crippen molar-refractivity contribution in [2.45, 2.75) is 43.5 Å². The first-order valence-corrected chi connectivity index (χ1v) is 8.21. The van der Waals surface area contributed by atoms with Gasteiger partial charge in [-0.05, 0) is 54.6 Å². The Morgan fingerprint density at radius 2 is 2.44 bits per heavy atom. The summed E-state index contributed by atoms with van der Waals surface area (Å²) < 4.78 is 6.87. The van der Waals surface area contributed by atoms with Gasteiger partial charge in [0.2, 0.25) is 0 Å². The van der Waals surface area contributed by atoms with Crippen molar-refractivity contribution >= 4 is 43.2 Å². The molecule has 1 nitrogen and oxygen atoms in total. The lowest BCUT2D eigenvalue weighted by atomic mass is 10.1. The van der Waals surface area contributed by atoms with Gasteiger partial charge in [0.15, 0.2) is 0 Å². The van der Waals surface area contributed by atoms with Crippen LogP contribution >= 0.6 is 43.2 Å². The van der Waals surface area contributed by atoms with E-state index in [2.05, 4.69) is 44.8 Å². The lowest BCUT2D eigenvalue weighted by Gasteiger charge is -2.11. The fourth-order valence-electron chi connectivity index (χ4n) is 1.98. The van der Waals surface area contributed by atoms with Gasteiger partial charge in [0.1, 0.15) is 0 Å². The molecule has 0 amide bonds. The molecule has 90 valence electrons. The number of hydrogen-bond donors (Lipinski definition) is 0. The standard InChI is InChI=1S/C12H16Br2OS/c1-8-11(14)7-12(16-8)10(13)5-4-9-3-2-6-15-9/h7,9-10H,2-6H2,1H3.